The molecule has 0 saturated carbocycles. The first-order valence-electron chi connectivity index (χ1n) is 8.47. The van der Waals surface area contributed by atoms with E-state index in [0.717, 1.165) is 0 Å². The Labute approximate surface area is 169 Å². The molecule has 1 heterocycles. The lowest BCUT2D eigenvalue weighted by Gasteiger charge is -2.06. The van der Waals surface area contributed by atoms with Gasteiger partial charge in [0, 0.05) is 18.2 Å². The van der Waals surface area contributed by atoms with E-state index in [1.54, 1.807) is 6.07 Å². The fourth-order valence-electron chi connectivity index (χ4n) is 2.53. The maximum absolute atomic E-state index is 12.4. The number of anilines is 1. The molecule has 0 radical (unpaired) electrons. The maximum atomic E-state index is 12.4. The second-order valence-electron chi connectivity index (χ2n) is 5.91. The SMILES string of the molecule is COc1cc(NC(=O)c2ccc(COc3ccccc3[N+](=O)[O-])o2)cc([N+](=O)[O-])c1. The van der Waals surface area contributed by atoms with Crippen LogP contribution in [0.15, 0.2) is 59.0 Å². The van der Waals surface area contributed by atoms with Crippen molar-refractivity contribution in [3.05, 3.63) is 86.3 Å². The van der Waals surface area contributed by atoms with E-state index < -0.39 is 15.8 Å². The number of para-hydroxylation sites is 2. The molecule has 30 heavy (non-hydrogen) atoms. The molecule has 0 saturated heterocycles. The lowest BCUT2D eigenvalue weighted by atomic mass is 10.2. The number of amides is 1. The van der Waals surface area contributed by atoms with Gasteiger partial charge in [-0.1, -0.05) is 12.1 Å². The largest absolute Gasteiger partial charge is 0.496 e. The number of non-ortho nitro benzene ring substituents is 1. The van der Waals surface area contributed by atoms with Gasteiger partial charge in [0.1, 0.15) is 18.1 Å². The Bertz CT molecular complexity index is 1110. The number of furan rings is 1. The standard InChI is InChI=1S/C19H15N3O8/c1-28-15-9-12(8-13(10-15)21(24)25)20-19(23)18-7-6-14(30-18)11-29-17-5-3-2-4-16(17)22(26)27/h2-10H,11H2,1H3,(H,20,23). The summed E-state index contributed by atoms with van der Waals surface area (Å²) in [7, 11) is 1.35. The van der Waals surface area contributed by atoms with Gasteiger partial charge in [-0.3, -0.25) is 25.0 Å². The molecule has 0 unspecified atom stereocenters. The van der Waals surface area contributed by atoms with E-state index in [1.165, 1.54) is 55.6 Å². The third-order valence-electron chi connectivity index (χ3n) is 3.91. The molecular formula is C19H15N3O8. The molecule has 11 nitrogen and oxygen atoms in total. The Morgan fingerprint density at radius 3 is 2.53 bits per heavy atom. The van der Waals surface area contributed by atoms with Crippen molar-refractivity contribution >= 4 is 23.0 Å². The Balaban J connectivity index is 1.69. The fraction of sp³-hybridized carbons (Fsp3) is 0.105. The monoisotopic (exact) mass is 413 g/mol. The maximum Gasteiger partial charge on any atom is 0.310 e. The Hall–Kier alpha value is -4.41. The number of nitrogens with zero attached hydrogens (tertiary/aromatic N) is 2. The number of nitro groups is 2. The molecule has 154 valence electrons. The van der Waals surface area contributed by atoms with Crippen LogP contribution >= 0.6 is 0 Å². The summed E-state index contributed by atoms with van der Waals surface area (Å²) in [6.45, 7) is -0.136. The third kappa shape index (κ3) is 4.70. The van der Waals surface area contributed by atoms with Gasteiger partial charge in [0.25, 0.3) is 11.6 Å². The summed E-state index contributed by atoms with van der Waals surface area (Å²) in [4.78, 5) is 33.2. The first kappa shape index (κ1) is 20.3. The summed E-state index contributed by atoms with van der Waals surface area (Å²) in [5.41, 5.74) is -0.288. The van der Waals surface area contributed by atoms with Crippen molar-refractivity contribution in [1.82, 2.24) is 0 Å². The van der Waals surface area contributed by atoms with Gasteiger partial charge < -0.3 is 19.2 Å². The van der Waals surface area contributed by atoms with E-state index in [1.807, 2.05) is 0 Å². The molecule has 3 aromatic rings. The van der Waals surface area contributed by atoms with E-state index in [9.17, 15) is 25.0 Å². The zero-order chi connectivity index (χ0) is 21.7. The number of carbonyl (C=O) groups excluding carboxylic acids is 1. The smallest absolute Gasteiger partial charge is 0.310 e. The molecule has 0 aliphatic carbocycles. The normalized spacial score (nSPS) is 10.3. The van der Waals surface area contributed by atoms with Crippen LogP contribution in [0.2, 0.25) is 0 Å². The molecule has 0 spiro atoms. The zero-order valence-electron chi connectivity index (χ0n) is 15.6. The molecule has 1 aromatic heterocycles. The molecule has 0 atom stereocenters. The minimum atomic E-state index is -0.644. The van der Waals surface area contributed by atoms with Crippen molar-refractivity contribution in [2.75, 3.05) is 12.4 Å². The van der Waals surface area contributed by atoms with Gasteiger partial charge in [0.2, 0.25) is 0 Å². The minimum absolute atomic E-state index is 0.0635. The molecule has 3 rings (SSSR count). The molecule has 1 N–H and O–H groups in total. The molecule has 0 aliphatic heterocycles. The predicted molar refractivity (Wildman–Crippen MR) is 104 cm³/mol. The molecule has 1 amide bonds. The van der Waals surface area contributed by atoms with Gasteiger partial charge in [-0.25, -0.2) is 0 Å². The van der Waals surface area contributed by atoms with Gasteiger partial charge in [0.15, 0.2) is 11.5 Å². The summed E-state index contributed by atoms with van der Waals surface area (Å²) < 4.78 is 15.8. The van der Waals surface area contributed by atoms with Crippen LogP contribution in [0, 0.1) is 20.2 Å². The van der Waals surface area contributed by atoms with Crippen LogP contribution in [0.4, 0.5) is 17.1 Å². The average molecular weight is 413 g/mol. The number of hydrogen-bond acceptors (Lipinski definition) is 8. The van der Waals surface area contributed by atoms with Gasteiger partial charge in [-0.15, -0.1) is 0 Å². The number of hydrogen-bond donors (Lipinski definition) is 1. The molecule has 0 bridgehead atoms. The van der Waals surface area contributed by atoms with Crippen LogP contribution in [-0.4, -0.2) is 22.9 Å². The number of benzene rings is 2. The second-order valence-corrected chi connectivity index (χ2v) is 5.91. The van der Waals surface area contributed by atoms with Crippen LogP contribution in [0.5, 0.6) is 11.5 Å². The highest BCUT2D eigenvalue weighted by molar-refractivity contribution is 6.02. The number of methoxy groups -OCH3 is 1. The van der Waals surface area contributed by atoms with Crippen molar-refractivity contribution in [3.63, 3.8) is 0 Å². The lowest BCUT2D eigenvalue weighted by molar-refractivity contribution is -0.386. The van der Waals surface area contributed by atoms with E-state index in [4.69, 9.17) is 13.9 Å². The highest BCUT2D eigenvalue weighted by Gasteiger charge is 2.17. The minimum Gasteiger partial charge on any atom is -0.496 e. The first-order chi connectivity index (χ1) is 14.4. The third-order valence-corrected chi connectivity index (χ3v) is 3.91. The Morgan fingerprint density at radius 1 is 1.07 bits per heavy atom. The van der Waals surface area contributed by atoms with Crippen molar-refractivity contribution in [1.29, 1.82) is 0 Å². The molecule has 11 heteroatoms. The van der Waals surface area contributed by atoms with Crippen molar-refractivity contribution in [2.45, 2.75) is 6.61 Å². The number of ether oxygens (including phenoxy) is 2. The molecular weight excluding hydrogens is 398 g/mol. The van der Waals surface area contributed by atoms with Crippen molar-refractivity contribution < 1.29 is 28.5 Å². The van der Waals surface area contributed by atoms with Crippen LogP contribution < -0.4 is 14.8 Å². The predicted octanol–water partition coefficient (Wildman–Crippen LogP) is 3.94. The fourth-order valence-corrected chi connectivity index (χ4v) is 2.53. The summed E-state index contributed by atoms with van der Waals surface area (Å²) in [5, 5.41) is 24.5. The summed E-state index contributed by atoms with van der Waals surface area (Å²) in [6, 6.07) is 12.6. The van der Waals surface area contributed by atoms with E-state index in [2.05, 4.69) is 5.32 Å². The first-order valence-corrected chi connectivity index (χ1v) is 8.47. The van der Waals surface area contributed by atoms with Gasteiger partial charge >= 0.3 is 5.69 Å². The van der Waals surface area contributed by atoms with Gasteiger partial charge in [-0.05, 0) is 18.2 Å². The van der Waals surface area contributed by atoms with E-state index >= 15 is 0 Å². The van der Waals surface area contributed by atoms with Gasteiger partial charge in [0.05, 0.1) is 28.7 Å². The number of nitro benzene ring substituents is 2. The summed E-state index contributed by atoms with van der Waals surface area (Å²) >= 11 is 0. The number of carbonyl (C=O) groups is 1. The second kappa shape index (κ2) is 8.73. The molecule has 0 fully saturated rings. The lowest BCUT2D eigenvalue weighted by Crippen LogP contribution is -2.11. The topological polar surface area (TPSA) is 147 Å². The molecule has 2 aromatic carbocycles. The van der Waals surface area contributed by atoms with Crippen LogP contribution in [-0.2, 0) is 6.61 Å². The summed E-state index contributed by atoms with van der Waals surface area (Å²) in [6.07, 6.45) is 0. The number of nitrogens with one attached hydrogen (secondary N) is 1. The van der Waals surface area contributed by atoms with Crippen LogP contribution in [0.25, 0.3) is 0 Å². The molecule has 0 aliphatic rings. The van der Waals surface area contributed by atoms with Crippen LogP contribution in [0.3, 0.4) is 0 Å². The van der Waals surface area contributed by atoms with E-state index in [0.29, 0.717) is 0 Å². The Kier molecular flexibility index (Phi) is 5.92. The average Bonchev–Trinajstić information content (AvgIpc) is 3.21. The highest BCUT2D eigenvalue weighted by Crippen LogP contribution is 2.28. The Morgan fingerprint density at radius 2 is 1.83 bits per heavy atom. The van der Waals surface area contributed by atoms with Gasteiger partial charge in [-0.2, -0.15) is 0 Å². The quantitative estimate of drug-likeness (QED) is 0.431. The zero-order valence-corrected chi connectivity index (χ0v) is 15.6. The number of rotatable bonds is 8. The van der Waals surface area contributed by atoms with Crippen molar-refractivity contribution in [3.8, 4) is 11.5 Å². The van der Waals surface area contributed by atoms with Crippen LogP contribution in [0.1, 0.15) is 16.3 Å². The van der Waals surface area contributed by atoms with E-state index in [-0.39, 0.29) is 46.7 Å². The summed E-state index contributed by atoms with van der Waals surface area (Å²) in [5.74, 6) is -0.183. The highest BCUT2D eigenvalue weighted by atomic mass is 16.6. The van der Waals surface area contributed by atoms with Crippen molar-refractivity contribution in [2.24, 2.45) is 0 Å².